The lowest BCUT2D eigenvalue weighted by Gasteiger charge is -2.16. The Labute approximate surface area is 82.3 Å². The summed E-state index contributed by atoms with van der Waals surface area (Å²) < 4.78 is 5.31. The van der Waals surface area contributed by atoms with Gasteiger partial charge in [-0.05, 0) is 26.5 Å². The van der Waals surface area contributed by atoms with Gasteiger partial charge in [0.25, 0.3) is 5.22 Å². The molecule has 0 saturated heterocycles. The van der Waals surface area contributed by atoms with Crippen LogP contribution in [0.15, 0.2) is 9.64 Å². The molecule has 13 heavy (non-hydrogen) atoms. The van der Waals surface area contributed by atoms with E-state index in [0.717, 1.165) is 12.8 Å². The van der Waals surface area contributed by atoms with Crippen molar-refractivity contribution in [3.05, 3.63) is 5.89 Å². The van der Waals surface area contributed by atoms with Crippen molar-refractivity contribution < 1.29 is 4.42 Å². The molecule has 0 aliphatic heterocycles. The van der Waals surface area contributed by atoms with Crippen molar-refractivity contribution in [2.45, 2.75) is 37.5 Å². The zero-order valence-corrected chi connectivity index (χ0v) is 9.02. The van der Waals surface area contributed by atoms with Crippen LogP contribution in [-0.2, 0) is 6.42 Å². The van der Waals surface area contributed by atoms with Gasteiger partial charge >= 0.3 is 0 Å². The van der Waals surface area contributed by atoms with Crippen molar-refractivity contribution in [1.29, 1.82) is 0 Å². The minimum absolute atomic E-state index is 0.173. The lowest BCUT2D eigenvalue weighted by atomic mass is 10.0. The van der Waals surface area contributed by atoms with Crippen LogP contribution < -0.4 is 5.73 Å². The van der Waals surface area contributed by atoms with Gasteiger partial charge in [-0.15, -0.1) is 10.2 Å². The van der Waals surface area contributed by atoms with Gasteiger partial charge in [-0.3, -0.25) is 0 Å². The van der Waals surface area contributed by atoms with Gasteiger partial charge in [0.15, 0.2) is 0 Å². The van der Waals surface area contributed by atoms with E-state index in [1.807, 2.05) is 20.1 Å². The highest BCUT2D eigenvalue weighted by molar-refractivity contribution is 7.98. The van der Waals surface area contributed by atoms with Gasteiger partial charge in [-0.2, -0.15) is 0 Å². The third-order valence-corrected chi connectivity index (χ3v) is 2.12. The van der Waals surface area contributed by atoms with Crippen molar-refractivity contribution in [3.63, 3.8) is 0 Å². The highest BCUT2D eigenvalue weighted by atomic mass is 32.2. The summed E-state index contributed by atoms with van der Waals surface area (Å²) in [6.07, 6.45) is 3.50. The maximum atomic E-state index is 5.83. The molecule has 0 aromatic carbocycles. The van der Waals surface area contributed by atoms with Gasteiger partial charge in [-0.1, -0.05) is 11.8 Å². The summed E-state index contributed by atoms with van der Waals surface area (Å²) in [6, 6.07) is 0. The van der Waals surface area contributed by atoms with E-state index in [-0.39, 0.29) is 5.54 Å². The van der Waals surface area contributed by atoms with Crippen molar-refractivity contribution in [2.75, 3.05) is 6.26 Å². The first-order valence-electron chi connectivity index (χ1n) is 4.16. The van der Waals surface area contributed by atoms with Gasteiger partial charge in [0, 0.05) is 12.0 Å². The van der Waals surface area contributed by atoms with Crippen LogP contribution in [0.2, 0.25) is 0 Å². The van der Waals surface area contributed by atoms with Crippen LogP contribution in [0.5, 0.6) is 0 Å². The quantitative estimate of drug-likeness (QED) is 0.747. The molecule has 0 amide bonds. The summed E-state index contributed by atoms with van der Waals surface area (Å²) in [5.41, 5.74) is 5.65. The number of rotatable bonds is 4. The largest absolute Gasteiger partial charge is 0.416 e. The van der Waals surface area contributed by atoms with Crippen LogP contribution in [0.1, 0.15) is 26.2 Å². The van der Waals surface area contributed by atoms with Crippen molar-refractivity contribution in [2.24, 2.45) is 5.73 Å². The molecule has 0 fully saturated rings. The summed E-state index contributed by atoms with van der Waals surface area (Å²) >= 11 is 1.45. The number of nitrogens with two attached hydrogens (primary N) is 1. The molecule has 4 nitrogen and oxygen atoms in total. The monoisotopic (exact) mass is 201 g/mol. The minimum atomic E-state index is -0.173. The van der Waals surface area contributed by atoms with E-state index < -0.39 is 0 Å². The fraction of sp³-hybridized carbons (Fsp3) is 0.750. The molecule has 2 N–H and O–H groups in total. The molecule has 1 heterocycles. The highest BCUT2D eigenvalue weighted by Crippen LogP contribution is 2.14. The standard InChI is InChI=1S/C8H15N3OS/c1-8(2,9)5-4-6-10-11-7(12-6)13-3/h4-5,9H2,1-3H3. The van der Waals surface area contributed by atoms with Crippen LogP contribution in [0.4, 0.5) is 0 Å². The molecule has 1 aromatic heterocycles. The van der Waals surface area contributed by atoms with E-state index in [1.54, 1.807) is 0 Å². The number of thioether (sulfide) groups is 1. The summed E-state index contributed by atoms with van der Waals surface area (Å²) in [5.74, 6) is 0.669. The first-order valence-corrected chi connectivity index (χ1v) is 5.39. The molecule has 0 bridgehead atoms. The van der Waals surface area contributed by atoms with E-state index in [2.05, 4.69) is 10.2 Å². The molecule has 0 radical (unpaired) electrons. The molecule has 0 saturated carbocycles. The van der Waals surface area contributed by atoms with Crippen LogP contribution in [0.25, 0.3) is 0 Å². The Balaban J connectivity index is 2.46. The van der Waals surface area contributed by atoms with E-state index in [9.17, 15) is 0 Å². The maximum Gasteiger partial charge on any atom is 0.276 e. The lowest BCUT2D eigenvalue weighted by Crippen LogP contribution is -2.32. The zero-order valence-electron chi connectivity index (χ0n) is 8.20. The van der Waals surface area contributed by atoms with Gasteiger partial charge in [-0.25, -0.2) is 0 Å². The molecule has 0 aliphatic rings. The highest BCUT2D eigenvalue weighted by Gasteiger charge is 2.13. The fourth-order valence-electron chi connectivity index (χ4n) is 0.851. The number of aromatic nitrogens is 2. The Hall–Kier alpha value is -0.550. The predicted molar refractivity (Wildman–Crippen MR) is 52.7 cm³/mol. The Morgan fingerprint density at radius 1 is 1.46 bits per heavy atom. The molecule has 1 aromatic rings. The first kappa shape index (κ1) is 10.5. The lowest BCUT2D eigenvalue weighted by molar-refractivity contribution is 0.384. The van der Waals surface area contributed by atoms with Crippen LogP contribution in [-0.4, -0.2) is 22.0 Å². The molecule has 0 spiro atoms. The maximum absolute atomic E-state index is 5.83. The SMILES string of the molecule is CSc1nnc(CCC(C)(C)N)o1. The smallest absolute Gasteiger partial charge is 0.276 e. The van der Waals surface area contributed by atoms with E-state index in [4.69, 9.17) is 10.2 Å². The van der Waals surface area contributed by atoms with Crippen LogP contribution in [0.3, 0.4) is 0 Å². The van der Waals surface area contributed by atoms with Crippen molar-refractivity contribution in [3.8, 4) is 0 Å². The van der Waals surface area contributed by atoms with Crippen LogP contribution >= 0.6 is 11.8 Å². The zero-order chi connectivity index (χ0) is 9.90. The van der Waals surface area contributed by atoms with Gasteiger partial charge in [0.2, 0.25) is 5.89 Å². The van der Waals surface area contributed by atoms with Gasteiger partial charge in [0.05, 0.1) is 0 Å². The second-order valence-corrected chi connectivity index (χ2v) is 4.41. The molecule has 0 aliphatic carbocycles. The third kappa shape index (κ3) is 3.78. The Morgan fingerprint density at radius 2 is 2.15 bits per heavy atom. The molecule has 5 heteroatoms. The average Bonchev–Trinajstić information content (AvgIpc) is 2.47. The number of hydrogen-bond acceptors (Lipinski definition) is 5. The van der Waals surface area contributed by atoms with Gasteiger partial charge in [0.1, 0.15) is 0 Å². The molecule has 74 valence electrons. The van der Waals surface area contributed by atoms with Crippen molar-refractivity contribution >= 4 is 11.8 Å². The first-order chi connectivity index (χ1) is 6.01. The Bertz CT molecular complexity index is 267. The Kier molecular flexibility index (Phi) is 3.33. The van der Waals surface area contributed by atoms with Crippen molar-refractivity contribution in [1.82, 2.24) is 10.2 Å². The van der Waals surface area contributed by atoms with E-state index >= 15 is 0 Å². The van der Waals surface area contributed by atoms with Crippen LogP contribution in [0, 0.1) is 0 Å². The summed E-state index contributed by atoms with van der Waals surface area (Å²) in [6.45, 7) is 3.97. The van der Waals surface area contributed by atoms with Gasteiger partial charge < -0.3 is 10.2 Å². The Morgan fingerprint density at radius 3 is 2.62 bits per heavy atom. The molecular formula is C8H15N3OS. The average molecular weight is 201 g/mol. The molecule has 1 rings (SSSR count). The molecular weight excluding hydrogens is 186 g/mol. The number of hydrogen-bond donors (Lipinski definition) is 1. The second kappa shape index (κ2) is 4.11. The summed E-state index contributed by atoms with van der Waals surface area (Å²) in [5, 5.41) is 8.35. The minimum Gasteiger partial charge on any atom is -0.416 e. The second-order valence-electron chi connectivity index (χ2n) is 3.65. The normalized spacial score (nSPS) is 12.0. The van der Waals surface area contributed by atoms with E-state index in [0.29, 0.717) is 11.1 Å². The number of aryl methyl sites for hydroxylation is 1. The number of nitrogens with zero attached hydrogens (tertiary/aromatic N) is 2. The molecule has 0 atom stereocenters. The van der Waals surface area contributed by atoms with E-state index in [1.165, 1.54) is 11.8 Å². The fourth-order valence-corrected chi connectivity index (χ4v) is 1.15. The topological polar surface area (TPSA) is 64.9 Å². The predicted octanol–water partition coefficient (Wildman–Crippen LogP) is 1.46. The summed E-state index contributed by atoms with van der Waals surface area (Å²) in [4.78, 5) is 0. The molecule has 0 unspecified atom stereocenters. The summed E-state index contributed by atoms with van der Waals surface area (Å²) in [7, 11) is 0. The third-order valence-electron chi connectivity index (χ3n) is 1.61.